The number of aromatic nitrogens is 2. The lowest BCUT2D eigenvalue weighted by Crippen LogP contribution is -2.57. The van der Waals surface area contributed by atoms with Crippen molar-refractivity contribution in [1.82, 2.24) is 9.13 Å². The average Bonchev–Trinajstić information content (AvgIpc) is 3.83. The summed E-state index contributed by atoms with van der Waals surface area (Å²) in [6.45, 7) is 0. The largest absolute Gasteiger partial charge is 0.309 e. The zero-order chi connectivity index (χ0) is 38.8. The van der Waals surface area contributed by atoms with Crippen molar-refractivity contribution >= 4 is 43.6 Å². The van der Waals surface area contributed by atoms with Crippen LogP contribution in [0.25, 0.3) is 77.2 Å². The third-order valence-corrected chi connectivity index (χ3v) is 17.8. The minimum Gasteiger partial charge on any atom is -0.309 e. The van der Waals surface area contributed by atoms with Gasteiger partial charge in [0.25, 0.3) is 0 Å². The number of benzene rings is 7. The number of nitrogens with zero attached hydrogens (tertiary/aromatic N) is 2. The lowest BCUT2D eigenvalue weighted by atomic mass is 9.42. The third-order valence-electron chi connectivity index (χ3n) is 17.8. The van der Waals surface area contributed by atoms with E-state index < -0.39 is 0 Å². The van der Waals surface area contributed by atoms with Gasteiger partial charge < -0.3 is 9.13 Å². The molecule has 0 radical (unpaired) electrons. The fraction of sp³-hybridized carbons (Fsp3) is 0.276. The summed E-state index contributed by atoms with van der Waals surface area (Å²) < 4.78 is 4.98. The summed E-state index contributed by atoms with van der Waals surface area (Å²) >= 11 is 0. The molecule has 0 amide bonds. The van der Waals surface area contributed by atoms with Gasteiger partial charge in [-0.25, -0.2) is 0 Å². The van der Waals surface area contributed by atoms with Crippen LogP contribution in [-0.2, 0) is 5.41 Å². The predicted molar refractivity (Wildman–Crippen MR) is 247 cm³/mol. The molecule has 9 unspecified atom stereocenters. The van der Waals surface area contributed by atoms with Crippen LogP contribution in [0.15, 0.2) is 158 Å². The second-order valence-electron chi connectivity index (χ2n) is 20.0. The first-order valence-electron chi connectivity index (χ1n) is 23.1. The van der Waals surface area contributed by atoms with Crippen LogP contribution in [-0.4, -0.2) is 9.13 Å². The highest BCUT2D eigenvalue weighted by Crippen LogP contribution is 2.75. The molecule has 8 bridgehead atoms. The van der Waals surface area contributed by atoms with E-state index in [0.717, 1.165) is 47.3 Å². The monoisotopic (exact) mass is 772 g/mol. The molecule has 2 aromatic heterocycles. The first-order chi connectivity index (χ1) is 29.7. The van der Waals surface area contributed by atoms with E-state index in [1.54, 1.807) is 17.5 Å². The van der Waals surface area contributed by atoms with E-state index in [1.165, 1.54) is 116 Å². The maximum absolute atomic E-state index is 2.77. The van der Waals surface area contributed by atoms with E-state index >= 15 is 0 Å². The Bertz CT molecular complexity index is 3200. The second kappa shape index (κ2) is 11.7. The summed E-state index contributed by atoms with van der Waals surface area (Å²) in [6.07, 6.45) is 10.4. The minimum atomic E-state index is 0.124. The van der Waals surface area contributed by atoms with Crippen molar-refractivity contribution < 1.29 is 0 Å². The fourth-order valence-corrected chi connectivity index (χ4v) is 16.0. The zero-order valence-electron chi connectivity index (χ0n) is 34.0. The van der Waals surface area contributed by atoms with Crippen LogP contribution in [0.4, 0.5) is 0 Å². The van der Waals surface area contributed by atoms with Gasteiger partial charge in [-0.15, -0.1) is 0 Å². The van der Waals surface area contributed by atoms with Crippen LogP contribution in [0.2, 0.25) is 0 Å². The third kappa shape index (κ3) is 4.07. The molecule has 1 spiro atoms. The van der Waals surface area contributed by atoms with Crippen LogP contribution >= 0.6 is 0 Å². The van der Waals surface area contributed by atoms with Crippen molar-refractivity contribution in [3.8, 4) is 33.6 Å². The Morgan fingerprint density at radius 3 is 1.90 bits per heavy atom. The lowest BCUT2D eigenvalue weighted by molar-refractivity contribution is -0.0745. The molecule has 0 saturated heterocycles. The molecule has 2 nitrogen and oxygen atoms in total. The first kappa shape index (κ1) is 32.9. The second-order valence-corrected chi connectivity index (χ2v) is 20.0. The van der Waals surface area contributed by atoms with E-state index in [4.69, 9.17) is 0 Å². The lowest BCUT2D eigenvalue weighted by Gasteiger charge is -2.61. The van der Waals surface area contributed by atoms with E-state index in [1.807, 2.05) is 0 Å². The summed E-state index contributed by atoms with van der Waals surface area (Å²) in [5.74, 6) is 7.15. The maximum atomic E-state index is 2.77. The van der Waals surface area contributed by atoms with Crippen LogP contribution < -0.4 is 0 Å². The molecule has 2 heterocycles. The van der Waals surface area contributed by atoms with Crippen molar-refractivity contribution in [3.05, 3.63) is 169 Å². The van der Waals surface area contributed by atoms with Crippen LogP contribution in [0.1, 0.15) is 56.1 Å². The van der Waals surface area contributed by atoms with Gasteiger partial charge in [-0.3, -0.25) is 0 Å². The van der Waals surface area contributed by atoms with Gasteiger partial charge in [0.2, 0.25) is 0 Å². The number of hydrogen-bond donors (Lipinski definition) is 0. The molecule has 0 N–H and O–H groups in total. The van der Waals surface area contributed by atoms with Crippen molar-refractivity contribution in [2.75, 3.05) is 0 Å². The summed E-state index contributed by atoms with van der Waals surface area (Å²) in [4.78, 5) is 0. The molecule has 6 fully saturated rings. The van der Waals surface area contributed by atoms with Gasteiger partial charge in [-0.2, -0.15) is 0 Å². The molecule has 290 valence electrons. The Morgan fingerprint density at radius 2 is 1.07 bits per heavy atom. The normalized spacial score (nSPS) is 29.3. The predicted octanol–water partition coefficient (Wildman–Crippen LogP) is 14.5. The minimum absolute atomic E-state index is 0.124. The molecule has 0 aliphatic heterocycles. The molecule has 7 aliphatic carbocycles. The van der Waals surface area contributed by atoms with E-state index in [0.29, 0.717) is 0 Å². The van der Waals surface area contributed by atoms with Crippen LogP contribution in [0, 0.1) is 47.3 Å². The van der Waals surface area contributed by atoms with Crippen molar-refractivity contribution in [2.24, 2.45) is 47.3 Å². The molecular formula is C58H48N2. The van der Waals surface area contributed by atoms with E-state index in [-0.39, 0.29) is 5.41 Å². The fourth-order valence-electron chi connectivity index (χ4n) is 16.0. The molecule has 7 aromatic carbocycles. The van der Waals surface area contributed by atoms with Crippen molar-refractivity contribution in [2.45, 2.75) is 50.4 Å². The van der Waals surface area contributed by atoms with Crippen LogP contribution in [0.5, 0.6) is 0 Å². The van der Waals surface area contributed by atoms with Gasteiger partial charge in [0.1, 0.15) is 0 Å². The molecule has 16 rings (SSSR count). The summed E-state index contributed by atoms with van der Waals surface area (Å²) in [5, 5.41) is 5.38. The molecule has 2 heteroatoms. The number of para-hydroxylation sites is 3. The standard InChI is InChI=1S/C58H48N2/c1-2-10-40(11-3-1)60-55-25-22-36(35-20-23-41(24-21-35)59-53-16-8-5-13-43(53)44-14-6-9-17-54(44)59)30-48(55)49-32-52-47(33-56(49)60)42-12-4-7-15-51(42)58(52)39-29-38-28-37-19-18-34-26-45(38)46(31-39)50(27-34)57(37)58/h1-17,20-25,30,32-34,37-39,45-46,50,57H,18-19,26-29,31H2. The summed E-state index contributed by atoms with van der Waals surface area (Å²) in [7, 11) is 0. The SMILES string of the molecule is c1ccc(-n2c3ccc(-c4ccc(-n5c6ccccc6c6ccccc65)cc4)cc3c3cc4c(cc32)-c2ccccc2C42C3CC4CC5CCC6CC4C(C3)C(C6)C52)cc1. The Kier molecular flexibility index (Phi) is 6.42. The number of rotatable bonds is 3. The summed E-state index contributed by atoms with van der Waals surface area (Å²) in [6, 6.07) is 60.5. The zero-order valence-corrected chi connectivity index (χ0v) is 34.0. The van der Waals surface area contributed by atoms with Crippen molar-refractivity contribution in [1.29, 1.82) is 0 Å². The van der Waals surface area contributed by atoms with Gasteiger partial charge >= 0.3 is 0 Å². The molecule has 7 aliphatic rings. The maximum Gasteiger partial charge on any atom is 0.0547 e. The molecule has 6 saturated carbocycles. The van der Waals surface area contributed by atoms with Crippen LogP contribution in [0.3, 0.4) is 0 Å². The highest BCUT2D eigenvalue weighted by Gasteiger charge is 2.68. The van der Waals surface area contributed by atoms with Gasteiger partial charge in [0.05, 0.1) is 22.1 Å². The molecule has 9 aromatic rings. The quantitative estimate of drug-likeness (QED) is 0.169. The van der Waals surface area contributed by atoms with E-state index in [9.17, 15) is 0 Å². The van der Waals surface area contributed by atoms with E-state index in [2.05, 4.69) is 167 Å². The Balaban J connectivity index is 0.948. The van der Waals surface area contributed by atoms with Gasteiger partial charge in [0, 0.05) is 38.3 Å². The summed E-state index contributed by atoms with van der Waals surface area (Å²) in [5.41, 5.74) is 16.6. The Hall–Kier alpha value is -5.86. The van der Waals surface area contributed by atoms with Gasteiger partial charge in [-0.1, -0.05) is 103 Å². The van der Waals surface area contributed by atoms with Gasteiger partial charge in [-0.05, 0) is 180 Å². The van der Waals surface area contributed by atoms with Gasteiger partial charge in [0.15, 0.2) is 0 Å². The highest BCUT2D eigenvalue weighted by atomic mass is 15.0. The first-order valence-corrected chi connectivity index (χ1v) is 23.1. The highest BCUT2D eigenvalue weighted by molar-refractivity contribution is 6.13. The average molecular weight is 773 g/mol. The molecule has 9 atom stereocenters. The smallest absolute Gasteiger partial charge is 0.0547 e. The number of hydrogen-bond acceptors (Lipinski definition) is 0. The topological polar surface area (TPSA) is 9.86 Å². The Morgan fingerprint density at radius 1 is 0.400 bits per heavy atom. The number of fused-ring (bicyclic) bond motifs is 10. The van der Waals surface area contributed by atoms with Crippen molar-refractivity contribution in [3.63, 3.8) is 0 Å². The Labute approximate surface area is 351 Å². The molecule has 60 heavy (non-hydrogen) atoms. The molecular weight excluding hydrogens is 725 g/mol.